The fourth-order valence-electron chi connectivity index (χ4n) is 10.1. The molecule has 12 atom stereocenters. The number of aromatic nitrogens is 8. The van der Waals surface area contributed by atoms with Crippen LogP contribution >= 0.6 is 0 Å². The Morgan fingerprint density at radius 3 is 1.03 bits per heavy atom. The predicted molar refractivity (Wildman–Crippen MR) is 361 cm³/mol. The zero-order chi connectivity index (χ0) is 74.1. The van der Waals surface area contributed by atoms with Gasteiger partial charge in [-0.25, -0.2) is 19.9 Å². The molecule has 8 rings (SSSR count). The van der Waals surface area contributed by atoms with E-state index in [0.717, 1.165) is 19.3 Å². The first-order chi connectivity index (χ1) is 44.8. The molecule has 0 bridgehead atoms. The van der Waals surface area contributed by atoms with Crippen LogP contribution in [0.2, 0.25) is 0 Å². The molecule has 4 aliphatic carbocycles. The largest absolute Gasteiger partial charge is 0.393 e. The number of hydrogen-bond donors (Lipinski definition) is 16. The summed E-state index contributed by atoms with van der Waals surface area (Å²) in [5, 5.41) is 65.6. The van der Waals surface area contributed by atoms with Gasteiger partial charge in [0.15, 0.2) is 0 Å². The van der Waals surface area contributed by atoms with E-state index in [1.165, 1.54) is 24.8 Å². The number of primary amides is 4. The van der Waals surface area contributed by atoms with Crippen molar-refractivity contribution >= 4 is 70.7 Å². The maximum atomic E-state index is 11.7. The van der Waals surface area contributed by atoms with Crippen LogP contribution in [0.25, 0.3) is 0 Å². The van der Waals surface area contributed by atoms with Gasteiger partial charge >= 0.3 is 0 Å². The summed E-state index contributed by atoms with van der Waals surface area (Å²) in [5.74, 6) is -1.37. The van der Waals surface area contributed by atoms with Crippen LogP contribution in [0.1, 0.15) is 237 Å². The summed E-state index contributed by atoms with van der Waals surface area (Å²) < 4.78 is 47.2. The van der Waals surface area contributed by atoms with Crippen LogP contribution in [0.5, 0.6) is 0 Å². The third kappa shape index (κ3) is 24.8. The molecule has 20 N–H and O–H groups in total. The quantitative estimate of drug-likeness (QED) is 0.0537. The van der Waals surface area contributed by atoms with Crippen LogP contribution in [0.4, 0.5) is 47.1 Å². The molecule has 12 unspecified atom stereocenters. The lowest BCUT2D eigenvalue weighted by Gasteiger charge is -2.32. The number of anilines is 8. The minimum Gasteiger partial charge on any atom is -0.393 e. The van der Waals surface area contributed by atoms with Crippen LogP contribution in [-0.2, 0) is 0 Å². The molecule has 512 valence electrons. The first-order valence-corrected chi connectivity index (χ1v) is 31.5. The molecule has 4 saturated carbocycles. The van der Waals surface area contributed by atoms with Gasteiger partial charge in [-0.1, -0.05) is 27.6 Å². The van der Waals surface area contributed by atoms with Crippen molar-refractivity contribution in [2.75, 3.05) is 42.5 Å². The molecule has 92 heavy (non-hydrogen) atoms. The molecule has 28 nitrogen and oxygen atoms in total. The van der Waals surface area contributed by atoms with Gasteiger partial charge in [0.25, 0.3) is 23.6 Å². The summed E-state index contributed by atoms with van der Waals surface area (Å²) in [6.07, 6.45) is 7.96. The first-order valence-electron chi connectivity index (χ1n) is 34.5. The SMILES string of the molecule is [2H]C([2H])([2H])C1CCC(Nc2nc(NC(C)(C)C)ncc2C(N)=O)CC1O.[2H]C1(C)CCC(Nc2nc(NC(C)(C)C)ncc2C(N)=O)CC1O.[2H]C1(Nc2nc(NC(C)(C)C)ncc2C(N)=O)CCC(C)C(O)C1.[2H]C1(O)CC(Nc2nc(NC(C)(C)C)ncc2C(N)=O)CCC1C. The second-order valence-electron chi connectivity index (χ2n) is 28.6. The fourth-order valence-corrected chi connectivity index (χ4v) is 10.1. The average molecular weight is 1290 g/mol. The van der Waals surface area contributed by atoms with E-state index in [9.17, 15) is 39.6 Å². The maximum Gasteiger partial charge on any atom is 0.254 e. The molecule has 0 radical (unpaired) electrons. The molecule has 4 aromatic heterocycles. The van der Waals surface area contributed by atoms with Crippen molar-refractivity contribution < 1.29 is 47.8 Å². The highest BCUT2D eigenvalue weighted by Crippen LogP contribution is 2.32. The molecule has 4 aromatic rings. The van der Waals surface area contributed by atoms with E-state index in [4.69, 9.17) is 31.2 Å². The van der Waals surface area contributed by atoms with E-state index in [1.54, 1.807) is 6.92 Å². The van der Waals surface area contributed by atoms with E-state index in [2.05, 4.69) is 82.4 Å². The Balaban J connectivity index is 0.000000236. The van der Waals surface area contributed by atoms with Crippen LogP contribution in [-0.4, -0.2) is 155 Å². The first kappa shape index (κ1) is 65.9. The van der Waals surface area contributed by atoms with Crippen LogP contribution in [0.15, 0.2) is 24.8 Å². The minimum atomic E-state index is -2.18. The number of carbonyl (C=O) groups excluding carboxylic acids is 4. The molecule has 28 heteroatoms. The average Bonchev–Trinajstić information content (AvgIpc) is 0.816. The van der Waals surface area contributed by atoms with E-state index in [0.29, 0.717) is 74.0 Å². The number of nitrogens with zero attached hydrogens (tertiary/aromatic N) is 8. The Morgan fingerprint density at radius 1 is 0.424 bits per heavy atom. The highest BCUT2D eigenvalue weighted by atomic mass is 16.3. The number of amides is 4. The van der Waals surface area contributed by atoms with E-state index < -0.39 is 72.7 Å². The summed E-state index contributed by atoms with van der Waals surface area (Å²) in [4.78, 5) is 80.5. The van der Waals surface area contributed by atoms with E-state index >= 15 is 0 Å². The van der Waals surface area contributed by atoms with Crippen molar-refractivity contribution in [1.29, 1.82) is 0 Å². The maximum absolute atomic E-state index is 11.7. The topological polar surface area (TPSA) is 453 Å². The molecule has 0 spiro atoms. The number of aliphatic hydroxyl groups is 4. The van der Waals surface area contributed by atoms with E-state index in [1.807, 2.05) is 96.9 Å². The lowest BCUT2D eigenvalue weighted by Crippen LogP contribution is -2.36. The monoisotopic (exact) mass is 1290 g/mol. The number of hydrogen-bond acceptors (Lipinski definition) is 24. The molecule has 4 amide bonds. The Kier molecular flexibility index (Phi) is 23.2. The zero-order valence-electron chi connectivity index (χ0n) is 62.3. The molecule has 0 saturated heterocycles. The zero-order valence-corrected chi connectivity index (χ0v) is 56.3. The smallest absolute Gasteiger partial charge is 0.254 e. The lowest BCUT2D eigenvalue weighted by molar-refractivity contribution is 0.0737. The van der Waals surface area contributed by atoms with Gasteiger partial charge in [0.05, 0.1) is 49.4 Å². The van der Waals surface area contributed by atoms with Crippen LogP contribution < -0.4 is 65.5 Å². The number of nitrogens with two attached hydrogens (primary N) is 4. The molecule has 0 aliphatic heterocycles. The van der Waals surface area contributed by atoms with Gasteiger partial charge in [-0.3, -0.25) is 19.2 Å². The summed E-state index contributed by atoms with van der Waals surface area (Å²) in [6.45, 7) is 27.1. The van der Waals surface area contributed by atoms with Gasteiger partial charge in [-0.15, -0.1) is 0 Å². The van der Waals surface area contributed by atoms with Crippen molar-refractivity contribution in [3.05, 3.63) is 47.0 Å². The number of rotatable bonds is 16. The van der Waals surface area contributed by atoms with Gasteiger partial charge < -0.3 is 85.9 Å². The number of carbonyl (C=O) groups is 4. The Morgan fingerprint density at radius 2 is 0.728 bits per heavy atom. The second kappa shape index (κ2) is 32.3. The van der Waals surface area contributed by atoms with Gasteiger partial charge in [0.1, 0.15) is 23.3 Å². The summed E-state index contributed by atoms with van der Waals surface area (Å²) in [5.41, 5.74) is 21.3. The summed E-state index contributed by atoms with van der Waals surface area (Å²) >= 11 is 0. The molecule has 0 aromatic carbocycles. The molecular formula is C64H108N20O8. The molecule has 4 heterocycles. The van der Waals surface area contributed by atoms with Crippen molar-refractivity contribution in [2.45, 2.75) is 258 Å². The minimum absolute atomic E-state index is 0.0751. The van der Waals surface area contributed by atoms with Gasteiger partial charge in [-0.2, -0.15) is 19.9 Å². The van der Waals surface area contributed by atoms with Crippen molar-refractivity contribution in [2.24, 2.45) is 46.6 Å². The highest BCUT2D eigenvalue weighted by Gasteiger charge is 2.32. The van der Waals surface area contributed by atoms with Crippen LogP contribution in [0, 0.1) is 23.6 Å². The highest BCUT2D eigenvalue weighted by molar-refractivity contribution is 5.99. The fraction of sp³-hybridized carbons (Fsp3) is 0.688. The molecule has 4 aliphatic rings. The Bertz CT molecular complexity index is 3380. The normalized spacial score (nSPS) is 28.5. The second-order valence-corrected chi connectivity index (χ2v) is 28.6. The standard InChI is InChI=1S/4C16H27N5O2/c4*1-9-5-6-10(7-12(9)22)19-14-11(13(17)23)8-18-15(20-14)21-16(2,3)4/h4*8-10,12,22H,5-7H2,1-4H3,(H2,17,23)(H2,18,19,20,21)/i12D;10D;9D;1D3. The lowest BCUT2D eigenvalue weighted by atomic mass is 9.85. The third-order valence-electron chi connectivity index (χ3n) is 15.2. The van der Waals surface area contributed by atoms with Crippen molar-refractivity contribution in [1.82, 2.24) is 39.9 Å². The third-order valence-corrected chi connectivity index (χ3v) is 15.2. The van der Waals surface area contributed by atoms with Gasteiger partial charge in [0.2, 0.25) is 23.8 Å². The van der Waals surface area contributed by atoms with E-state index in [-0.39, 0.29) is 105 Å². The molecular weight excluding hydrogens is 1180 g/mol. The summed E-state index contributed by atoms with van der Waals surface area (Å²) in [6, 6.07) is -1.53. The van der Waals surface area contributed by atoms with Crippen LogP contribution in [0.3, 0.4) is 0 Å². The predicted octanol–water partition coefficient (Wildman–Crippen LogP) is 6.99. The Labute approximate surface area is 551 Å². The Hall–Kier alpha value is -7.56. The van der Waals surface area contributed by atoms with Crippen molar-refractivity contribution in [3.8, 4) is 0 Å². The molecule has 4 fully saturated rings. The summed E-state index contributed by atoms with van der Waals surface area (Å²) in [7, 11) is 0. The van der Waals surface area contributed by atoms with Crippen molar-refractivity contribution in [3.63, 3.8) is 0 Å². The van der Waals surface area contributed by atoms with Gasteiger partial charge in [-0.05, 0) is 184 Å². The van der Waals surface area contributed by atoms with Gasteiger partial charge in [0, 0.05) is 76.6 Å². The number of nitrogens with one attached hydrogen (secondary N) is 8. The number of aliphatic hydroxyl groups excluding tert-OH is 3.